The van der Waals surface area contributed by atoms with E-state index in [-0.39, 0.29) is 11.9 Å². The van der Waals surface area contributed by atoms with E-state index in [1.165, 1.54) is 42.5 Å². The first-order valence-corrected chi connectivity index (χ1v) is 8.45. The molecule has 2 aromatic carbocycles. The number of rotatable bonds is 6. The first kappa shape index (κ1) is 16.0. The smallest absolute Gasteiger partial charge is 0.125 e. The van der Waals surface area contributed by atoms with Crippen LogP contribution in [0.25, 0.3) is 0 Å². The number of nitrogens with one attached hydrogen (secondary N) is 1. The lowest BCUT2D eigenvalue weighted by Crippen LogP contribution is -2.16. The molecule has 1 atom stereocenters. The fourth-order valence-electron chi connectivity index (χ4n) is 3.19. The maximum Gasteiger partial charge on any atom is 0.125 e. The Morgan fingerprint density at radius 1 is 1.04 bits per heavy atom. The molecule has 0 aliphatic heterocycles. The zero-order valence-electron chi connectivity index (χ0n) is 13.6. The molecule has 0 saturated heterocycles. The Kier molecular flexibility index (Phi) is 5.29. The molecule has 0 heterocycles. The van der Waals surface area contributed by atoms with Gasteiger partial charge < -0.3 is 10.1 Å². The summed E-state index contributed by atoms with van der Waals surface area (Å²) in [7, 11) is 1.93. The monoisotopic (exact) mass is 313 g/mol. The van der Waals surface area contributed by atoms with Gasteiger partial charge in [0, 0.05) is 6.42 Å². The van der Waals surface area contributed by atoms with Crippen LogP contribution in [0.1, 0.15) is 42.1 Å². The predicted molar refractivity (Wildman–Crippen MR) is 91.4 cm³/mol. The standard InChI is InChI=1S/C20H24FNO/c1-22-13-12-20(16-6-9-18(21)10-7-16)23-19-11-8-15-4-2-3-5-17(15)14-19/h6-11,14,20,22H,2-5,12-13H2,1H3. The summed E-state index contributed by atoms with van der Waals surface area (Å²) < 4.78 is 19.4. The van der Waals surface area contributed by atoms with E-state index in [0.29, 0.717) is 0 Å². The van der Waals surface area contributed by atoms with Gasteiger partial charge in [0.15, 0.2) is 0 Å². The van der Waals surface area contributed by atoms with Crippen LogP contribution in [0.5, 0.6) is 5.75 Å². The molecule has 122 valence electrons. The number of ether oxygens (including phenoxy) is 1. The van der Waals surface area contributed by atoms with Gasteiger partial charge in [-0.1, -0.05) is 18.2 Å². The third kappa shape index (κ3) is 4.11. The molecular weight excluding hydrogens is 289 g/mol. The van der Waals surface area contributed by atoms with Crippen molar-refractivity contribution in [2.45, 2.75) is 38.2 Å². The van der Waals surface area contributed by atoms with Crippen molar-refractivity contribution in [2.24, 2.45) is 0 Å². The Bertz CT molecular complexity index is 639. The van der Waals surface area contributed by atoms with Gasteiger partial charge in [0.25, 0.3) is 0 Å². The van der Waals surface area contributed by atoms with E-state index >= 15 is 0 Å². The fourth-order valence-corrected chi connectivity index (χ4v) is 3.19. The van der Waals surface area contributed by atoms with E-state index in [1.807, 2.05) is 19.2 Å². The van der Waals surface area contributed by atoms with E-state index < -0.39 is 0 Å². The Balaban J connectivity index is 1.78. The van der Waals surface area contributed by atoms with Crippen molar-refractivity contribution in [3.05, 3.63) is 65.0 Å². The van der Waals surface area contributed by atoms with Crippen LogP contribution < -0.4 is 10.1 Å². The second-order valence-corrected chi connectivity index (χ2v) is 6.19. The minimum Gasteiger partial charge on any atom is -0.486 e. The maximum absolute atomic E-state index is 13.2. The van der Waals surface area contributed by atoms with E-state index in [4.69, 9.17) is 4.74 Å². The summed E-state index contributed by atoms with van der Waals surface area (Å²) in [5, 5.41) is 3.16. The summed E-state index contributed by atoms with van der Waals surface area (Å²) in [6, 6.07) is 13.1. The Hall–Kier alpha value is -1.87. The van der Waals surface area contributed by atoms with Crippen molar-refractivity contribution in [2.75, 3.05) is 13.6 Å². The van der Waals surface area contributed by atoms with Crippen molar-refractivity contribution in [3.8, 4) is 5.75 Å². The summed E-state index contributed by atoms with van der Waals surface area (Å²) in [5.74, 6) is 0.700. The molecule has 1 aliphatic carbocycles. The summed E-state index contributed by atoms with van der Waals surface area (Å²) in [5.41, 5.74) is 3.89. The minimum atomic E-state index is -0.213. The van der Waals surface area contributed by atoms with Crippen LogP contribution in [-0.2, 0) is 12.8 Å². The lowest BCUT2D eigenvalue weighted by Gasteiger charge is -2.22. The molecule has 3 heteroatoms. The molecule has 1 N–H and O–H groups in total. The van der Waals surface area contributed by atoms with Crippen LogP contribution in [0.15, 0.2) is 42.5 Å². The van der Waals surface area contributed by atoms with Crippen molar-refractivity contribution in [3.63, 3.8) is 0 Å². The van der Waals surface area contributed by atoms with Gasteiger partial charge in [-0.2, -0.15) is 0 Å². The molecule has 3 rings (SSSR count). The van der Waals surface area contributed by atoms with Gasteiger partial charge in [0.1, 0.15) is 17.7 Å². The Morgan fingerprint density at radius 2 is 1.78 bits per heavy atom. The second kappa shape index (κ2) is 7.60. The minimum absolute atomic E-state index is 0.0651. The number of hydrogen-bond acceptors (Lipinski definition) is 2. The quantitative estimate of drug-likeness (QED) is 0.851. The third-order valence-electron chi connectivity index (χ3n) is 4.50. The van der Waals surface area contributed by atoms with Crippen LogP contribution in [-0.4, -0.2) is 13.6 Å². The van der Waals surface area contributed by atoms with Gasteiger partial charge in [-0.3, -0.25) is 0 Å². The van der Waals surface area contributed by atoms with Crippen LogP contribution in [0, 0.1) is 5.82 Å². The number of fused-ring (bicyclic) bond motifs is 1. The highest BCUT2D eigenvalue weighted by Crippen LogP contribution is 2.29. The fraction of sp³-hybridized carbons (Fsp3) is 0.400. The molecule has 2 nitrogen and oxygen atoms in total. The maximum atomic E-state index is 13.2. The van der Waals surface area contributed by atoms with Gasteiger partial charge in [-0.15, -0.1) is 0 Å². The second-order valence-electron chi connectivity index (χ2n) is 6.19. The zero-order chi connectivity index (χ0) is 16.1. The number of halogens is 1. The van der Waals surface area contributed by atoms with Gasteiger partial charge in [0.05, 0.1) is 0 Å². The lowest BCUT2D eigenvalue weighted by atomic mass is 9.92. The van der Waals surface area contributed by atoms with Crippen LogP contribution >= 0.6 is 0 Å². The average Bonchev–Trinajstić information content (AvgIpc) is 2.59. The molecule has 0 aromatic heterocycles. The number of hydrogen-bond donors (Lipinski definition) is 1. The Labute approximate surface area is 137 Å². The summed E-state index contributed by atoms with van der Waals surface area (Å²) in [6.45, 7) is 0.854. The van der Waals surface area contributed by atoms with E-state index in [9.17, 15) is 4.39 Å². The van der Waals surface area contributed by atoms with Crippen molar-refractivity contribution < 1.29 is 9.13 Å². The normalized spacial score (nSPS) is 15.0. The summed E-state index contributed by atoms with van der Waals surface area (Å²) >= 11 is 0. The van der Waals surface area contributed by atoms with Gasteiger partial charge in [-0.25, -0.2) is 4.39 Å². The SMILES string of the molecule is CNCCC(Oc1ccc2c(c1)CCCC2)c1ccc(F)cc1. The first-order chi connectivity index (χ1) is 11.3. The lowest BCUT2D eigenvalue weighted by molar-refractivity contribution is 0.194. The van der Waals surface area contributed by atoms with Gasteiger partial charge in [-0.05, 0) is 80.2 Å². The molecular formula is C20H24FNO. The van der Waals surface area contributed by atoms with Crippen LogP contribution in [0.3, 0.4) is 0 Å². The molecule has 1 unspecified atom stereocenters. The number of benzene rings is 2. The van der Waals surface area contributed by atoms with Crippen molar-refractivity contribution >= 4 is 0 Å². The first-order valence-electron chi connectivity index (χ1n) is 8.45. The molecule has 2 aromatic rings. The number of aryl methyl sites for hydroxylation is 2. The molecule has 1 aliphatic rings. The van der Waals surface area contributed by atoms with Crippen LogP contribution in [0.2, 0.25) is 0 Å². The molecule has 23 heavy (non-hydrogen) atoms. The summed E-state index contributed by atoms with van der Waals surface area (Å²) in [4.78, 5) is 0. The van der Waals surface area contributed by atoms with Crippen LogP contribution in [0.4, 0.5) is 4.39 Å². The third-order valence-corrected chi connectivity index (χ3v) is 4.50. The highest BCUT2D eigenvalue weighted by Gasteiger charge is 2.15. The van der Waals surface area contributed by atoms with Crippen molar-refractivity contribution in [1.82, 2.24) is 5.32 Å². The topological polar surface area (TPSA) is 21.3 Å². The van der Waals surface area contributed by atoms with Crippen molar-refractivity contribution in [1.29, 1.82) is 0 Å². The average molecular weight is 313 g/mol. The molecule has 0 radical (unpaired) electrons. The largest absolute Gasteiger partial charge is 0.486 e. The van der Waals surface area contributed by atoms with E-state index in [1.54, 1.807) is 0 Å². The van der Waals surface area contributed by atoms with Gasteiger partial charge >= 0.3 is 0 Å². The van der Waals surface area contributed by atoms with Gasteiger partial charge in [0.2, 0.25) is 0 Å². The highest BCUT2D eigenvalue weighted by atomic mass is 19.1. The zero-order valence-corrected chi connectivity index (χ0v) is 13.6. The van der Waals surface area contributed by atoms with E-state index in [2.05, 4.69) is 23.5 Å². The Morgan fingerprint density at radius 3 is 2.52 bits per heavy atom. The van der Waals surface area contributed by atoms with E-state index in [0.717, 1.165) is 30.7 Å². The molecule has 0 bridgehead atoms. The highest BCUT2D eigenvalue weighted by molar-refractivity contribution is 5.37. The molecule has 0 spiro atoms. The molecule has 0 amide bonds. The summed E-state index contributed by atoms with van der Waals surface area (Å²) in [6.07, 6.45) is 5.65. The molecule has 0 saturated carbocycles. The molecule has 0 fully saturated rings. The predicted octanol–water partition coefficient (Wildman–Crippen LogP) is 4.43.